The van der Waals surface area contributed by atoms with Crippen molar-refractivity contribution in [2.24, 2.45) is 5.92 Å². The van der Waals surface area contributed by atoms with Gasteiger partial charge in [-0.05, 0) is 24.1 Å². The molecule has 1 amide bonds. The van der Waals surface area contributed by atoms with Gasteiger partial charge in [-0.2, -0.15) is 0 Å². The minimum Gasteiger partial charge on any atom is -0.481 e. The summed E-state index contributed by atoms with van der Waals surface area (Å²) < 4.78 is 0. The molecular formula is C18H20N2O3. The highest BCUT2D eigenvalue weighted by Crippen LogP contribution is 2.12. The maximum absolute atomic E-state index is 12.0. The van der Waals surface area contributed by atoms with Gasteiger partial charge in [0.15, 0.2) is 0 Å². The molecule has 1 unspecified atom stereocenters. The van der Waals surface area contributed by atoms with Gasteiger partial charge in [0.1, 0.15) is 0 Å². The summed E-state index contributed by atoms with van der Waals surface area (Å²) in [6.45, 7) is 3.75. The highest BCUT2D eigenvalue weighted by atomic mass is 16.4. The van der Waals surface area contributed by atoms with Crippen LogP contribution in [-0.2, 0) is 9.59 Å². The second kappa shape index (κ2) is 7.54. The molecule has 2 N–H and O–H groups in total. The Kier molecular flexibility index (Phi) is 5.46. The summed E-state index contributed by atoms with van der Waals surface area (Å²) in [6.07, 6.45) is 2.92. The van der Waals surface area contributed by atoms with E-state index in [1.54, 1.807) is 6.08 Å². The zero-order valence-corrected chi connectivity index (χ0v) is 13.2. The SMILES string of the molecule is CC(C)C(CC(=O)O)NC(=O)/C=C/c1ccc2ccccc2n1. The molecule has 5 heteroatoms. The number of benzene rings is 1. The van der Waals surface area contributed by atoms with Crippen LogP contribution in [0.5, 0.6) is 0 Å². The number of pyridine rings is 1. The first-order valence-corrected chi connectivity index (χ1v) is 7.52. The Morgan fingerprint density at radius 2 is 1.96 bits per heavy atom. The molecule has 2 rings (SSSR count). The fourth-order valence-electron chi connectivity index (χ4n) is 2.21. The zero-order chi connectivity index (χ0) is 16.8. The van der Waals surface area contributed by atoms with E-state index < -0.39 is 12.0 Å². The number of carbonyl (C=O) groups excluding carboxylic acids is 1. The number of hydrogen-bond donors (Lipinski definition) is 2. The van der Waals surface area contributed by atoms with Gasteiger partial charge in [0.25, 0.3) is 0 Å². The first-order valence-electron chi connectivity index (χ1n) is 7.52. The largest absolute Gasteiger partial charge is 0.481 e. The topological polar surface area (TPSA) is 79.3 Å². The number of para-hydroxylation sites is 1. The molecule has 0 saturated carbocycles. The van der Waals surface area contributed by atoms with Gasteiger partial charge in [0, 0.05) is 17.5 Å². The Labute approximate surface area is 135 Å². The number of carboxylic acid groups (broad SMARTS) is 1. The Morgan fingerprint density at radius 3 is 2.65 bits per heavy atom. The van der Waals surface area contributed by atoms with Crippen molar-refractivity contribution in [2.45, 2.75) is 26.3 Å². The lowest BCUT2D eigenvalue weighted by atomic mass is 10.0. The van der Waals surface area contributed by atoms with Crippen molar-refractivity contribution in [1.29, 1.82) is 0 Å². The quantitative estimate of drug-likeness (QED) is 0.804. The number of carboxylic acids is 1. The van der Waals surface area contributed by atoms with Gasteiger partial charge in [-0.3, -0.25) is 9.59 Å². The molecule has 0 saturated heterocycles. The highest BCUT2D eigenvalue weighted by molar-refractivity contribution is 5.92. The lowest BCUT2D eigenvalue weighted by Gasteiger charge is -2.19. The summed E-state index contributed by atoms with van der Waals surface area (Å²) in [4.78, 5) is 27.2. The average molecular weight is 312 g/mol. The van der Waals surface area contributed by atoms with Crippen molar-refractivity contribution in [3.8, 4) is 0 Å². The van der Waals surface area contributed by atoms with E-state index in [0.29, 0.717) is 5.69 Å². The predicted molar refractivity (Wildman–Crippen MR) is 89.8 cm³/mol. The molecule has 1 aromatic carbocycles. The van der Waals surface area contributed by atoms with E-state index in [0.717, 1.165) is 10.9 Å². The summed E-state index contributed by atoms with van der Waals surface area (Å²) in [6, 6.07) is 11.1. The van der Waals surface area contributed by atoms with Gasteiger partial charge in [-0.1, -0.05) is 38.1 Å². The molecule has 0 aliphatic heterocycles. The van der Waals surface area contributed by atoms with Crippen LogP contribution >= 0.6 is 0 Å². The molecule has 0 aliphatic rings. The maximum atomic E-state index is 12.0. The van der Waals surface area contributed by atoms with E-state index in [1.165, 1.54) is 6.08 Å². The molecule has 1 aromatic heterocycles. The van der Waals surface area contributed by atoms with Crippen molar-refractivity contribution in [3.63, 3.8) is 0 Å². The van der Waals surface area contributed by atoms with Crippen LogP contribution in [0.4, 0.5) is 0 Å². The summed E-state index contributed by atoms with van der Waals surface area (Å²) in [7, 11) is 0. The first kappa shape index (κ1) is 16.7. The van der Waals surface area contributed by atoms with Gasteiger partial charge in [0.2, 0.25) is 5.91 Å². The van der Waals surface area contributed by atoms with E-state index >= 15 is 0 Å². The Hall–Kier alpha value is -2.69. The zero-order valence-electron chi connectivity index (χ0n) is 13.2. The van der Waals surface area contributed by atoms with Crippen LogP contribution in [0.25, 0.3) is 17.0 Å². The number of aliphatic carboxylic acids is 1. The van der Waals surface area contributed by atoms with Gasteiger partial charge >= 0.3 is 5.97 Å². The third-order valence-corrected chi connectivity index (χ3v) is 3.55. The van der Waals surface area contributed by atoms with Gasteiger partial charge in [-0.25, -0.2) is 4.98 Å². The van der Waals surface area contributed by atoms with E-state index in [9.17, 15) is 9.59 Å². The fourth-order valence-corrected chi connectivity index (χ4v) is 2.21. The summed E-state index contributed by atoms with van der Waals surface area (Å²) >= 11 is 0. The molecule has 0 spiro atoms. The smallest absolute Gasteiger partial charge is 0.305 e. The molecule has 23 heavy (non-hydrogen) atoms. The third-order valence-electron chi connectivity index (χ3n) is 3.55. The number of hydrogen-bond acceptors (Lipinski definition) is 3. The van der Waals surface area contributed by atoms with Crippen LogP contribution in [0.1, 0.15) is 26.0 Å². The second-order valence-electron chi connectivity index (χ2n) is 5.72. The van der Waals surface area contributed by atoms with Crippen LogP contribution in [-0.4, -0.2) is 28.0 Å². The number of nitrogens with one attached hydrogen (secondary N) is 1. The van der Waals surface area contributed by atoms with E-state index in [1.807, 2.05) is 50.2 Å². The lowest BCUT2D eigenvalue weighted by Crippen LogP contribution is -2.39. The normalized spacial score (nSPS) is 12.7. The maximum Gasteiger partial charge on any atom is 0.305 e. The number of amides is 1. The molecule has 0 aliphatic carbocycles. The van der Waals surface area contributed by atoms with Crippen LogP contribution in [0, 0.1) is 5.92 Å². The van der Waals surface area contributed by atoms with E-state index in [2.05, 4.69) is 10.3 Å². The highest BCUT2D eigenvalue weighted by Gasteiger charge is 2.18. The lowest BCUT2D eigenvalue weighted by molar-refractivity contribution is -0.138. The van der Waals surface area contributed by atoms with Crippen LogP contribution in [0.3, 0.4) is 0 Å². The van der Waals surface area contributed by atoms with Crippen molar-refractivity contribution in [3.05, 3.63) is 48.2 Å². The van der Waals surface area contributed by atoms with Crippen LogP contribution in [0.15, 0.2) is 42.5 Å². The molecule has 5 nitrogen and oxygen atoms in total. The Balaban J connectivity index is 2.05. The van der Waals surface area contributed by atoms with Gasteiger partial charge in [0.05, 0.1) is 17.6 Å². The Bertz CT molecular complexity index is 738. The fraction of sp³-hybridized carbons (Fsp3) is 0.278. The molecule has 120 valence electrons. The molecule has 0 fully saturated rings. The first-order chi connectivity index (χ1) is 11.0. The second-order valence-corrected chi connectivity index (χ2v) is 5.72. The minimum absolute atomic E-state index is 0.0437. The number of aromatic nitrogens is 1. The van der Waals surface area contributed by atoms with Gasteiger partial charge in [-0.15, -0.1) is 0 Å². The summed E-state index contributed by atoms with van der Waals surface area (Å²) in [5.41, 5.74) is 1.54. The molecular weight excluding hydrogens is 292 g/mol. The van der Waals surface area contributed by atoms with Crippen molar-refractivity contribution >= 4 is 28.9 Å². The monoisotopic (exact) mass is 312 g/mol. The minimum atomic E-state index is -0.927. The number of rotatable bonds is 6. The number of fused-ring (bicyclic) bond motifs is 1. The molecule has 1 atom stereocenters. The van der Waals surface area contributed by atoms with Gasteiger partial charge < -0.3 is 10.4 Å². The number of carbonyl (C=O) groups is 2. The molecule has 0 bridgehead atoms. The summed E-state index contributed by atoms with van der Waals surface area (Å²) in [5.74, 6) is -1.20. The van der Waals surface area contributed by atoms with Crippen molar-refractivity contribution < 1.29 is 14.7 Å². The molecule has 2 aromatic rings. The summed E-state index contributed by atoms with van der Waals surface area (Å²) in [5, 5.41) is 12.6. The molecule has 0 radical (unpaired) electrons. The Morgan fingerprint density at radius 1 is 1.22 bits per heavy atom. The van der Waals surface area contributed by atoms with Crippen molar-refractivity contribution in [1.82, 2.24) is 10.3 Å². The average Bonchev–Trinajstić information content (AvgIpc) is 2.51. The van der Waals surface area contributed by atoms with E-state index in [-0.39, 0.29) is 18.2 Å². The van der Waals surface area contributed by atoms with Crippen LogP contribution < -0.4 is 5.32 Å². The van der Waals surface area contributed by atoms with Crippen molar-refractivity contribution in [2.75, 3.05) is 0 Å². The predicted octanol–water partition coefficient (Wildman–Crippen LogP) is 2.86. The molecule has 1 heterocycles. The number of nitrogens with zero attached hydrogens (tertiary/aromatic N) is 1. The van der Waals surface area contributed by atoms with Crippen LogP contribution in [0.2, 0.25) is 0 Å². The van der Waals surface area contributed by atoms with E-state index in [4.69, 9.17) is 5.11 Å². The standard InChI is InChI=1S/C18H20N2O3/c1-12(2)16(11-18(22)23)20-17(21)10-9-14-8-7-13-5-3-4-6-15(13)19-14/h3-10,12,16H,11H2,1-2H3,(H,20,21)(H,22,23)/b10-9+. The third kappa shape index (κ3) is 4.92.